The Labute approximate surface area is 87.5 Å². The van der Waals surface area contributed by atoms with Crippen LogP contribution >= 0.6 is 0 Å². The summed E-state index contributed by atoms with van der Waals surface area (Å²) in [5.41, 5.74) is 0.845. The molecule has 0 aliphatic rings. The van der Waals surface area contributed by atoms with Gasteiger partial charge in [-0.15, -0.1) is 0 Å². The van der Waals surface area contributed by atoms with Crippen molar-refractivity contribution in [3.8, 4) is 11.4 Å². The van der Waals surface area contributed by atoms with Crippen LogP contribution in [0.5, 0.6) is 0 Å². The predicted octanol–water partition coefficient (Wildman–Crippen LogP) is 1.95. The van der Waals surface area contributed by atoms with Crippen LogP contribution in [0.3, 0.4) is 0 Å². The summed E-state index contributed by atoms with van der Waals surface area (Å²) in [5, 5.41) is 6.89. The first-order valence-electron chi connectivity index (χ1n) is 4.76. The second-order valence-corrected chi connectivity index (χ2v) is 3.46. The average Bonchev–Trinajstić information content (AvgIpc) is 2.67. The minimum atomic E-state index is 0.271. The fraction of sp³-hybridized carbons (Fsp3) is 0.300. The Hall–Kier alpha value is -1.91. The van der Waals surface area contributed by atoms with Gasteiger partial charge in [-0.25, -0.2) is 0 Å². The van der Waals surface area contributed by atoms with Gasteiger partial charge in [0.15, 0.2) is 0 Å². The Balaban J connectivity index is 2.21. The largest absolute Gasteiger partial charge is 0.336 e. The standard InChI is InChI=1S/C10H12N4O/c1-7(2)12-10-13-9(14-15-10)8-4-3-5-11-6-8/h3-7H,1-2H3,(H,12,13,14). The topological polar surface area (TPSA) is 63.8 Å². The Kier molecular flexibility index (Phi) is 2.62. The third kappa shape index (κ3) is 2.31. The highest BCUT2D eigenvalue weighted by molar-refractivity contribution is 5.53. The molecule has 2 aromatic rings. The van der Waals surface area contributed by atoms with Crippen molar-refractivity contribution in [1.29, 1.82) is 0 Å². The first-order valence-corrected chi connectivity index (χ1v) is 4.76. The summed E-state index contributed by atoms with van der Waals surface area (Å²) in [5.74, 6) is 0.547. The van der Waals surface area contributed by atoms with E-state index in [2.05, 4.69) is 20.4 Å². The zero-order chi connectivity index (χ0) is 10.7. The molecule has 0 aliphatic heterocycles. The molecule has 0 aliphatic carbocycles. The average molecular weight is 204 g/mol. The van der Waals surface area contributed by atoms with Crippen molar-refractivity contribution in [3.05, 3.63) is 24.5 Å². The van der Waals surface area contributed by atoms with Crippen molar-refractivity contribution in [2.24, 2.45) is 0 Å². The molecule has 0 saturated carbocycles. The molecular formula is C10H12N4O. The highest BCUT2D eigenvalue weighted by Crippen LogP contribution is 2.16. The smallest absolute Gasteiger partial charge is 0.321 e. The molecular weight excluding hydrogens is 192 g/mol. The molecule has 2 heterocycles. The van der Waals surface area contributed by atoms with Crippen LogP contribution in [0.1, 0.15) is 13.8 Å². The second kappa shape index (κ2) is 4.08. The molecule has 1 N–H and O–H groups in total. The molecule has 2 aromatic heterocycles. The van der Waals surface area contributed by atoms with E-state index in [1.807, 2.05) is 26.0 Å². The number of nitrogens with one attached hydrogen (secondary N) is 1. The maximum absolute atomic E-state index is 5.03. The summed E-state index contributed by atoms with van der Waals surface area (Å²) < 4.78 is 5.03. The Bertz CT molecular complexity index is 424. The van der Waals surface area contributed by atoms with Gasteiger partial charge in [-0.05, 0) is 26.0 Å². The molecule has 0 spiro atoms. The van der Waals surface area contributed by atoms with Gasteiger partial charge in [-0.2, -0.15) is 4.98 Å². The quantitative estimate of drug-likeness (QED) is 0.827. The number of hydrogen-bond acceptors (Lipinski definition) is 5. The third-order valence-corrected chi connectivity index (χ3v) is 1.76. The number of nitrogens with zero attached hydrogens (tertiary/aromatic N) is 3. The van der Waals surface area contributed by atoms with E-state index >= 15 is 0 Å². The molecule has 15 heavy (non-hydrogen) atoms. The lowest BCUT2D eigenvalue weighted by molar-refractivity contribution is 0.429. The van der Waals surface area contributed by atoms with Crippen LogP contribution in [-0.2, 0) is 0 Å². The number of aromatic nitrogens is 3. The summed E-state index contributed by atoms with van der Waals surface area (Å²) in [7, 11) is 0. The van der Waals surface area contributed by atoms with Gasteiger partial charge in [-0.1, -0.05) is 5.16 Å². The lowest BCUT2D eigenvalue weighted by atomic mass is 10.3. The molecule has 0 unspecified atom stereocenters. The van der Waals surface area contributed by atoms with Gasteiger partial charge in [0.1, 0.15) is 0 Å². The number of rotatable bonds is 3. The van der Waals surface area contributed by atoms with Crippen LogP contribution < -0.4 is 5.32 Å². The maximum Gasteiger partial charge on any atom is 0.321 e. The molecule has 5 nitrogen and oxygen atoms in total. The van der Waals surface area contributed by atoms with Gasteiger partial charge in [0.05, 0.1) is 0 Å². The first kappa shape index (κ1) is 9.64. The number of pyridine rings is 1. The van der Waals surface area contributed by atoms with E-state index in [4.69, 9.17) is 4.52 Å². The van der Waals surface area contributed by atoms with E-state index < -0.39 is 0 Å². The van der Waals surface area contributed by atoms with Crippen LogP contribution in [0.15, 0.2) is 29.0 Å². The van der Waals surface area contributed by atoms with Gasteiger partial charge in [0.25, 0.3) is 0 Å². The van der Waals surface area contributed by atoms with Gasteiger partial charge in [-0.3, -0.25) is 4.98 Å². The second-order valence-electron chi connectivity index (χ2n) is 3.46. The summed E-state index contributed by atoms with van der Waals surface area (Å²) in [6.45, 7) is 4.02. The molecule has 0 bridgehead atoms. The molecule has 0 atom stereocenters. The lowest BCUT2D eigenvalue weighted by Crippen LogP contribution is -2.09. The van der Waals surface area contributed by atoms with Crippen molar-refractivity contribution < 1.29 is 4.52 Å². The lowest BCUT2D eigenvalue weighted by Gasteiger charge is -2.01. The first-order chi connectivity index (χ1) is 7.25. The van der Waals surface area contributed by atoms with E-state index in [-0.39, 0.29) is 6.04 Å². The fourth-order valence-corrected chi connectivity index (χ4v) is 1.14. The maximum atomic E-state index is 5.03. The summed E-state index contributed by atoms with van der Waals surface area (Å²) in [6, 6.07) is 4.43. The minimum absolute atomic E-state index is 0.271. The molecule has 0 fully saturated rings. The Morgan fingerprint density at radius 1 is 1.40 bits per heavy atom. The Morgan fingerprint density at radius 3 is 2.93 bits per heavy atom. The predicted molar refractivity (Wildman–Crippen MR) is 56.3 cm³/mol. The highest BCUT2D eigenvalue weighted by atomic mass is 16.5. The SMILES string of the molecule is CC(C)Nc1nc(-c2cccnc2)no1. The van der Waals surface area contributed by atoms with Crippen LogP contribution in [0.2, 0.25) is 0 Å². The number of hydrogen-bond donors (Lipinski definition) is 1. The van der Waals surface area contributed by atoms with E-state index in [9.17, 15) is 0 Å². The molecule has 0 radical (unpaired) electrons. The molecule has 78 valence electrons. The zero-order valence-electron chi connectivity index (χ0n) is 8.64. The zero-order valence-corrected chi connectivity index (χ0v) is 8.64. The van der Waals surface area contributed by atoms with E-state index in [1.165, 1.54) is 0 Å². The summed E-state index contributed by atoms with van der Waals surface area (Å²) in [6.07, 6.45) is 3.40. The van der Waals surface area contributed by atoms with Crippen LogP contribution in [0, 0.1) is 0 Å². The van der Waals surface area contributed by atoms with Gasteiger partial charge in [0, 0.05) is 24.0 Å². The van der Waals surface area contributed by atoms with E-state index in [0.717, 1.165) is 5.56 Å². The molecule has 2 rings (SSSR count). The van der Waals surface area contributed by atoms with Gasteiger partial charge >= 0.3 is 6.01 Å². The van der Waals surface area contributed by atoms with Crippen molar-refractivity contribution in [2.75, 3.05) is 5.32 Å². The minimum Gasteiger partial charge on any atom is -0.336 e. The normalized spacial score (nSPS) is 10.6. The van der Waals surface area contributed by atoms with Crippen LogP contribution in [-0.4, -0.2) is 21.2 Å². The summed E-state index contributed by atoms with van der Waals surface area (Å²) in [4.78, 5) is 8.18. The summed E-state index contributed by atoms with van der Waals surface area (Å²) >= 11 is 0. The molecule has 0 saturated heterocycles. The number of anilines is 1. The van der Waals surface area contributed by atoms with Crippen molar-refractivity contribution in [2.45, 2.75) is 19.9 Å². The van der Waals surface area contributed by atoms with Crippen molar-refractivity contribution >= 4 is 6.01 Å². The third-order valence-electron chi connectivity index (χ3n) is 1.76. The van der Waals surface area contributed by atoms with Crippen LogP contribution in [0.25, 0.3) is 11.4 Å². The van der Waals surface area contributed by atoms with E-state index in [1.54, 1.807) is 12.4 Å². The van der Waals surface area contributed by atoms with Crippen molar-refractivity contribution in [3.63, 3.8) is 0 Å². The Morgan fingerprint density at radius 2 is 2.27 bits per heavy atom. The van der Waals surface area contributed by atoms with Crippen molar-refractivity contribution in [1.82, 2.24) is 15.1 Å². The highest BCUT2D eigenvalue weighted by Gasteiger charge is 2.08. The fourth-order valence-electron chi connectivity index (χ4n) is 1.14. The van der Waals surface area contributed by atoms with Crippen LogP contribution in [0.4, 0.5) is 6.01 Å². The molecule has 5 heteroatoms. The van der Waals surface area contributed by atoms with E-state index in [0.29, 0.717) is 11.8 Å². The monoisotopic (exact) mass is 204 g/mol. The van der Waals surface area contributed by atoms with Gasteiger partial charge in [0.2, 0.25) is 5.82 Å². The molecule has 0 aromatic carbocycles. The molecule has 0 amide bonds. The van der Waals surface area contributed by atoms with Gasteiger partial charge < -0.3 is 9.84 Å².